The van der Waals surface area contributed by atoms with Crippen molar-refractivity contribution in [1.82, 2.24) is 4.98 Å². The van der Waals surface area contributed by atoms with Crippen LogP contribution in [-0.4, -0.2) is 4.98 Å². The van der Waals surface area contributed by atoms with E-state index in [9.17, 15) is 0 Å². The number of nitrogens with two attached hydrogens (primary N) is 1. The number of nitrogens with zero attached hydrogens (tertiary/aromatic N) is 1. The summed E-state index contributed by atoms with van der Waals surface area (Å²) in [6, 6.07) is 6.02. The van der Waals surface area contributed by atoms with Gasteiger partial charge in [-0.15, -0.1) is 0 Å². The van der Waals surface area contributed by atoms with E-state index in [1.807, 2.05) is 18.2 Å². The molecule has 0 spiro atoms. The minimum Gasteiger partial charge on any atom is -0.323 e. The third-order valence-corrected chi connectivity index (χ3v) is 2.19. The number of unbranched alkanes of at least 4 members (excludes halogenated alkanes) is 2. The van der Waals surface area contributed by atoms with Gasteiger partial charge in [0.1, 0.15) is 0 Å². The molecule has 1 heterocycles. The summed E-state index contributed by atoms with van der Waals surface area (Å²) in [5.41, 5.74) is 6.99. The lowest BCUT2D eigenvalue weighted by Crippen LogP contribution is -2.11. The summed E-state index contributed by atoms with van der Waals surface area (Å²) in [6.07, 6.45) is 6.56. The largest absolute Gasteiger partial charge is 0.323 e. The van der Waals surface area contributed by atoms with Crippen LogP contribution in [0.3, 0.4) is 0 Å². The molecule has 0 aromatic carbocycles. The van der Waals surface area contributed by atoms with Crippen LogP contribution in [0.1, 0.15) is 44.3 Å². The van der Waals surface area contributed by atoms with Gasteiger partial charge in [0.15, 0.2) is 0 Å². The van der Waals surface area contributed by atoms with Crippen LogP contribution >= 0.6 is 0 Å². The monoisotopic (exact) mass is 178 g/mol. The quantitative estimate of drug-likeness (QED) is 0.704. The molecule has 0 fully saturated rings. The lowest BCUT2D eigenvalue weighted by atomic mass is 10.1. The third-order valence-electron chi connectivity index (χ3n) is 2.19. The summed E-state index contributed by atoms with van der Waals surface area (Å²) in [5, 5.41) is 0. The Kier molecular flexibility index (Phi) is 4.47. The first-order valence-corrected chi connectivity index (χ1v) is 5.01. The fraction of sp³-hybridized carbons (Fsp3) is 0.545. The smallest absolute Gasteiger partial charge is 0.0570 e. The van der Waals surface area contributed by atoms with E-state index in [-0.39, 0.29) is 6.04 Å². The molecule has 0 aliphatic rings. The zero-order valence-electron chi connectivity index (χ0n) is 8.24. The first-order valence-electron chi connectivity index (χ1n) is 5.01. The molecule has 0 amide bonds. The molecule has 0 saturated carbocycles. The average molecular weight is 178 g/mol. The predicted molar refractivity (Wildman–Crippen MR) is 55.3 cm³/mol. The minimum absolute atomic E-state index is 0.118. The second-order valence-electron chi connectivity index (χ2n) is 3.36. The van der Waals surface area contributed by atoms with Gasteiger partial charge in [-0.05, 0) is 18.6 Å². The highest BCUT2D eigenvalue weighted by molar-refractivity contribution is 5.07. The Morgan fingerprint density at radius 1 is 1.38 bits per heavy atom. The highest BCUT2D eigenvalue weighted by Gasteiger charge is 2.04. The molecule has 1 aromatic rings. The zero-order valence-corrected chi connectivity index (χ0v) is 8.24. The molecular formula is C11H18N2. The molecule has 0 radical (unpaired) electrons. The highest BCUT2D eigenvalue weighted by atomic mass is 14.8. The second-order valence-corrected chi connectivity index (χ2v) is 3.36. The van der Waals surface area contributed by atoms with Crippen molar-refractivity contribution >= 4 is 0 Å². The summed E-state index contributed by atoms with van der Waals surface area (Å²) < 4.78 is 0. The summed E-state index contributed by atoms with van der Waals surface area (Å²) in [7, 11) is 0. The maximum absolute atomic E-state index is 5.97. The SMILES string of the molecule is CCCCC[C@@H](N)c1ccccn1. The van der Waals surface area contributed by atoms with Gasteiger partial charge in [0.05, 0.1) is 5.69 Å². The van der Waals surface area contributed by atoms with Crippen molar-refractivity contribution in [1.29, 1.82) is 0 Å². The molecule has 2 heteroatoms. The first-order chi connectivity index (χ1) is 6.34. The fourth-order valence-electron chi connectivity index (χ4n) is 1.36. The molecule has 13 heavy (non-hydrogen) atoms. The Hall–Kier alpha value is -0.890. The van der Waals surface area contributed by atoms with Crippen LogP contribution in [-0.2, 0) is 0 Å². The van der Waals surface area contributed by atoms with Crippen LogP contribution < -0.4 is 5.73 Å². The molecule has 72 valence electrons. The average Bonchev–Trinajstić information content (AvgIpc) is 2.19. The fourth-order valence-corrected chi connectivity index (χ4v) is 1.36. The number of hydrogen-bond acceptors (Lipinski definition) is 2. The lowest BCUT2D eigenvalue weighted by Gasteiger charge is -2.09. The summed E-state index contributed by atoms with van der Waals surface area (Å²) in [6.45, 7) is 2.20. The van der Waals surface area contributed by atoms with Gasteiger partial charge in [-0.25, -0.2) is 0 Å². The standard InChI is InChI=1S/C11H18N2/c1-2-3-4-7-10(12)11-8-5-6-9-13-11/h5-6,8-10H,2-4,7,12H2,1H3/t10-/m1/s1. The van der Waals surface area contributed by atoms with Crippen molar-refractivity contribution in [2.45, 2.75) is 38.6 Å². The van der Waals surface area contributed by atoms with E-state index in [4.69, 9.17) is 5.73 Å². The van der Waals surface area contributed by atoms with Gasteiger partial charge in [0.25, 0.3) is 0 Å². The Bertz CT molecular complexity index is 221. The van der Waals surface area contributed by atoms with Gasteiger partial charge >= 0.3 is 0 Å². The molecule has 2 nitrogen and oxygen atoms in total. The van der Waals surface area contributed by atoms with E-state index >= 15 is 0 Å². The van der Waals surface area contributed by atoms with Crippen LogP contribution in [0.15, 0.2) is 24.4 Å². The summed E-state index contributed by atoms with van der Waals surface area (Å²) in [4.78, 5) is 4.23. The van der Waals surface area contributed by atoms with Gasteiger partial charge in [-0.2, -0.15) is 0 Å². The molecule has 0 aliphatic carbocycles. The Labute approximate surface area is 80.2 Å². The number of aromatic nitrogens is 1. The Morgan fingerprint density at radius 3 is 2.85 bits per heavy atom. The minimum atomic E-state index is 0.118. The van der Waals surface area contributed by atoms with Gasteiger partial charge in [-0.1, -0.05) is 32.3 Å². The lowest BCUT2D eigenvalue weighted by molar-refractivity contribution is 0.571. The van der Waals surface area contributed by atoms with E-state index in [2.05, 4.69) is 11.9 Å². The maximum atomic E-state index is 5.97. The summed E-state index contributed by atoms with van der Waals surface area (Å²) in [5.74, 6) is 0. The van der Waals surface area contributed by atoms with Crippen LogP contribution in [0.25, 0.3) is 0 Å². The first kappa shape index (κ1) is 10.2. The molecule has 1 atom stereocenters. The molecule has 2 N–H and O–H groups in total. The van der Waals surface area contributed by atoms with Crippen LogP contribution in [0.2, 0.25) is 0 Å². The Balaban J connectivity index is 2.35. The second kappa shape index (κ2) is 5.70. The molecule has 0 bridgehead atoms. The van der Waals surface area contributed by atoms with Crippen molar-refractivity contribution in [2.75, 3.05) is 0 Å². The van der Waals surface area contributed by atoms with Crippen molar-refractivity contribution in [3.05, 3.63) is 30.1 Å². The van der Waals surface area contributed by atoms with Crippen molar-refractivity contribution in [2.24, 2.45) is 5.73 Å². The van der Waals surface area contributed by atoms with E-state index in [1.54, 1.807) is 6.20 Å². The third kappa shape index (κ3) is 3.55. The molecular weight excluding hydrogens is 160 g/mol. The molecule has 0 unspecified atom stereocenters. The van der Waals surface area contributed by atoms with Gasteiger partial charge in [0, 0.05) is 12.2 Å². The van der Waals surface area contributed by atoms with Gasteiger partial charge < -0.3 is 5.73 Å². The number of hydrogen-bond donors (Lipinski definition) is 1. The van der Waals surface area contributed by atoms with Crippen molar-refractivity contribution in [3.63, 3.8) is 0 Å². The molecule has 1 aromatic heterocycles. The highest BCUT2D eigenvalue weighted by Crippen LogP contribution is 2.14. The van der Waals surface area contributed by atoms with E-state index in [0.29, 0.717) is 0 Å². The molecule has 0 saturated heterocycles. The summed E-state index contributed by atoms with van der Waals surface area (Å²) >= 11 is 0. The van der Waals surface area contributed by atoms with Crippen LogP contribution in [0, 0.1) is 0 Å². The number of rotatable bonds is 5. The van der Waals surface area contributed by atoms with Gasteiger partial charge in [0.2, 0.25) is 0 Å². The van der Waals surface area contributed by atoms with Crippen molar-refractivity contribution in [3.8, 4) is 0 Å². The van der Waals surface area contributed by atoms with E-state index in [0.717, 1.165) is 12.1 Å². The topological polar surface area (TPSA) is 38.9 Å². The van der Waals surface area contributed by atoms with Gasteiger partial charge in [-0.3, -0.25) is 4.98 Å². The molecule has 1 rings (SSSR count). The number of pyridine rings is 1. The van der Waals surface area contributed by atoms with E-state index in [1.165, 1.54) is 19.3 Å². The normalized spacial score (nSPS) is 12.8. The van der Waals surface area contributed by atoms with Crippen molar-refractivity contribution < 1.29 is 0 Å². The van der Waals surface area contributed by atoms with Crippen LogP contribution in [0.5, 0.6) is 0 Å². The predicted octanol–water partition coefficient (Wildman–Crippen LogP) is 2.66. The van der Waals surface area contributed by atoms with Crippen LogP contribution in [0.4, 0.5) is 0 Å². The molecule has 0 aliphatic heterocycles. The Morgan fingerprint density at radius 2 is 2.23 bits per heavy atom. The zero-order chi connectivity index (χ0) is 9.52. The van der Waals surface area contributed by atoms with E-state index < -0.39 is 0 Å². The maximum Gasteiger partial charge on any atom is 0.0570 e.